The van der Waals surface area contributed by atoms with Gasteiger partial charge in [0.2, 0.25) is 0 Å². The quantitative estimate of drug-likeness (QED) is 0.723. The monoisotopic (exact) mass is 197 g/mol. The van der Waals surface area contributed by atoms with Crippen LogP contribution in [0.2, 0.25) is 0 Å². The zero-order valence-electron chi connectivity index (χ0n) is 5.80. The van der Waals surface area contributed by atoms with E-state index in [0.29, 0.717) is 0 Å². The van der Waals surface area contributed by atoms with Crippen LogP contribution in [-0.2, 0) is 0 Å². The molecule has 2 nitrogen and oxygen atoms in total. The number of hydrogen-bond donors (Lipinski definition) is 2. The highest BCUT2D eigenvalue weighted by Crippen LogP contribution is 2.35. The molecule has 0 aliphatic heterocycles. The van der Waals surface area contributed by atoms with Crippen LogP contribution in [0, 0.1) is 0 Å². The summed E-state index contributed by atoms with van der Waals surface area (Å²) < 4.78 is 35.8. The SMILES string of the molecule is N[C@H](c1cc(O)cs1)C(F)(F)F. The van der Waals surface area contributed by atoms with Crippen molar-refractivity contribution in [3.05, 3.63) is 16.3 Å². The summed E-state index contributed by atoms with van der Waals surface area (Å²) in [4.78, 5) is -0.0833. The maximum atomic E-state index is 11.9. The second-order valence-corrected chi connectivity index (χ2v) is 3.17. The van der Waals surface area contributed by atoms with E-state index in [1.807, 2.05) is 0 Å². The Morgan fingerprint density at radius 1 is 1.50 bits per heavy atom. The molecule has 0 saturated heterocycles. The summed E-state index contributed by atoms with van der Waals surface area (Å²) in [6.45, 7) is 0. The molecular weight excluding hydrogens is 191 g/mol. The predicted molar refractivity (Wildman–Crippen MR) is 39.0 cm³/mol. The first-order valence-electron chi connectivity index (χ1n) is 3.01. The van der Waals surface area contributed by atoms with Crippen LogP contribution in [-0.4, -0.2) is 11.3 Å². The molecule has 1 rings (SSSR count). The summed E-state index contributed by atoms with van der Waals surface area (Å²) in [5.41, 5.74) is 4.86. The van der Waals surface area contributed by atoms with Gasteiger partial charge >= 0.3 is 6.18 Å². The second-order valence-electron chi connectivity index (χ2n) is 2.23. The Labute approximate surface area is 70.4 Å². The summed E-state index contributed by atoms with van der Waals surface area (Å²) >= 11 is 0.790. The van der Waals surface area contributed by atoms with Crippen LogP contribution in [0.1, 0.15) is 10.9 Å². The van der Waals surface area contributed by atoms with Crippen molar-refractivity contribution in [3.8, 4) is 5.75 Å². The molecule has 0 aromatic carbocycles. The van der Waals surface area contributed by atoms with E-state index in [1.54, 1.807) is 0 Å². The smallest absolute Gasteiger partial charge is 0.408 e. The van der Waals surface area contributed by atoms with E-state index in [0.717, 1.165) is 17.4 Å². The largest absolute Gasteiger partial charge is 0.507 e. The van der Waals surface area contributed by atoms with Gasteiger partial charge in [0.05, 0.1) is 0 Å². The summed E-state index contributed by atoms with van der Waals surface area (Å²) in [6, 6.07) is -0.980. The lowest BCUT2D eigenvalue weighted by Gasteiger charge is -2.12. The zero-order chi connectivity index (χ0) is 9.35. The lowest BCUT2D eigenvalue weighted by Crippen LogP contribution is -2.27. The molecule has 6 heteroatoms. The fourth-order valence-electron chi connectivity index (χ4n) is 0.667. The van der Waals surface area contributed by atoms with Crippen molar-refractivity contribution in [1.82, 2.24) is 0 Å². The fraction of sp³-hybridized carbons (Fsp3) is 0.333. The topological polar surface area (TPSA) is 46.2 Å². The van der Waals surface area contributed by atoms with Crippen LogP contribution in [0.3, 0.4) is 0 Å². The summed E-state index contributed by atoms with van der Waals surface area (Å²) in [5.74, 6) is -0.185. The Kier molecular flexibility index (Phi) is 2.29. The molecule has 0 bridgehead atoms. The van der Waals surface area contributed by atoms with Gasteiger partial charge in [-0.2, -0.15) is 13.2 Å². The molecule has 0 spiro atoms. The molecule has 0 unspecified atom stereocenters. The third-order valence-electron chi connectivity index (χ3n) is 1.27. The van der Waals surface area contributed by atoms with Crippen LogP contribution in [0.4, 0.5) is 13.2 Å². The van der Waals surface area contributed by atoms with Gasteiger partial charge in [-0.3, -0.25) is 0 Å². The van der Waals surface area contributed by atoms with Gasteiger partial charge in [0.25, 0.3) is 0 Å². The van der Waals surface area contributed by atoms with Crippen LogP contribution in [0.15, 0.2) is 11.4 Å². The molecule has 68 valence electrons. The van der Waals surface area contributed by atoms with E-state index < -0.39 is 12.2 Å². The normalized spacial score (nSPS) is 14.7. The maximum Gasteiger partial charge on any atom is 0.408 e. The molecule has 0 amide bonds. The summed E-state index contributed by atoms with van der Waals surface area (Å²) in [7, 11) is 0. The van der Waals surface area contributed by atoms with Crippen molar-refractivity contribution >= 4 is 11.3 Å². The van der Waals surface area contributed by atoms with E-state index >= 15 is 0 Å². The number of thiophene rings is 1. The molecule has 1 atom stereocenters. The predicted octanol–water partition coefficient (Wildman–Crippen LogP) is 2.02. The summed E-state index contributed by atoms with van der Waals surface area (Å²) in [5, 5.41) is 9.96. The molecule has 0 aliphatic carbocycles. The van der Waals surface area contributed by atoms with Crippen molar-refractivity contribution < 1.29 is 18.3 Å². The lowest BCUT2D eigenvalue weighted by atomic mass is 10.2. The third-order valence-corrected chi connectivity index (χ3v) is 2.27. The van der Waals surface area contributed by atoms with Crippen LogP contribution >= 0.6 is 11.3 Å². The minimum Gasteiger partial charge on any atom is -0.507 e. The molecule has 0 radical (unpaired) electrons. The standard InChI is InChI=1S/C6H6F3NOS/c7-6(8,9)5(10)4-1-3(11)2-12-4/h1-2,5,11H,10H2/t5-/m1/s1. The Bertz CT molecular complexity index is 270. The highest BCUT2D eigenvalue weighted by molar-refractivity contribution is 7.10. The van der Waals surface area contributed by atoms with E-state index in [4.69, 9.17) is 10.8 Å². The van der Waals surface area contributed by atoms with Crippen LogP contribution in [0.5, 0.6) is 5.75 Å². The number of halogens is 3. The Morgan fingerprint density at radius 2 is 2.08 bits per heavy atom. The molecule has 1 aromatic rings. The van der Waals surface area contributed by atoms with E-state index in [9.17, 15) is 13.2 Å². The van der Waals surface area contributed by atoms with Gasteiger partial charge in [-0.1, -0.05) is 0 Å². The van der Waals surface area contributed by atoms with Gasteiger partial charge in [0.1, 0.15) is 11.8 Å². The van der Waals surface area contributed by atoms with Gasteiger partial charge < -0.3 is 10.8 Å². The van der Waals surface area contributed by atoms with Crippen molar-refractivity contribution in [3.63, 3.8) is 0 Å². The van der Waals surface area contributed by atoms with E-state index in [2.05, 4.69) is 0 Å². The van der Waals surface area contributed by atoms with Gasteiger partial charge in [-0.15, -0.1) is 11.3 Å². The highest BCUT2D eigenvalue weighted by atomic mass is 32.1. The molecule has 1 aromatic heterocycles. The second kappa shape index (κ2) is 2.95. The van der Waals surface area contributed by atoms with Crippen molar-refractivity contribution in [2.75, 3.05) is 0 Å². The lowest BCUT2D eigenvalue weighted by molar-refractivity contribution is -0.148. The maximum absolute atomic E-state index is 11.9. The fourth-order valence-corrected chi connectivity index (χ4v) is 1.46. The first kappa shape index (κ1) is 9.34. The number of hydrogen-bond acceptors (Lipinski definition) is 3. The first-order valence-corrected chi connectivity index (χ1v) is 3.89. The number of nitrogens with two attached hydrogens (primary N) is 1. The summed E-state index contributed by atoms with van der Waals surface area (Å²) in [6.07, 6.45) is -4.45. The first-order chi connectivity index (χ1) is 5.41. The van der Waals surface area contributed by atoms with Gasteiger partial charge in [-0.25, -0.2) is 0 Å². The van der Waals surface area contributed by atoms with Crippen molar-refractivity contribution in [2.24, 2.45) is 5.73 Å². The molecular formula is C6H6F3NOS. The number of alkyl halides is 3. The van der Waals surface area contributed by atoms with Gasteiger partial charge in [0, 0.05) is 10.3 Å². The number of rotatable bonds is 1. The van der Waals surface area contributed by atoms with Crippen LogP contribution < -0.4 is 5.73 Å². The molecule has 0 aliphatic rings. The Morgan fingerprint density at radius 3 is 2.42 bits per heavy atom. The third kappa shape index (κ3) is 1.89. The minimum atomic E-state index is -4.45. The highest BCUT2D eigenvalue weighted by Gasteiger charge is 2.38. The molecule has 3 N–H and O–H groups in total. The van der Waals surface area contributed by atoms with Gasteiger partial charge in [0.15, 0.2) is 0 Å². The average molecular weight is 197 g/mol. The molecule has 0 fully saturated rings. The molecule has 12 heavy (non-hydrogen) atoms. The zero-order valence-corrected chi connectivity index (χ0v) is 6.62. The van der Waals surface area contributed by atoms with E-state index in [-0.39, 0.29) is 10.6 Å². The Hall–Kier alpha value is -0.750. The Balaban J connectivity index is 2.85. The minimum absolute atomic E-state index is 0.0833. The van der Waals surface area contributed by atoms with Gasteiger partial charge in [-0.05, 0) is 6.07 Å². The van der Waals surface area contributed by atoms with Crippen molar-refractivity contribution in [1.29, 1.82) is 0 Å². The van der Waals surface area contributed by atoms with Crippen LogP contribution in [0.25, 0.3) is 0 Å². The number of aromatic hydroxyl groups is 1. The average Bonchev–Trinajstić information content (AvgIpc) is 2.32. The van der Waals surface area contributed by atoms with Crippen molar-refractivity contribution in [2.45, 2.75) is 12.2 Å². The molecule has 0 saturated carbocycles. The van der Waals surface area contributed by atoms with E-state index in [1.165, 1.54) is 5.38 Å². The molecule has 1 heterocycles.